The van der Waals surface area contributed by atoms with Gasteiger partial charge in [0, 0.05) is 21.9 Å². The maximum atomic E-state index is 11.4. The Hall–Kier alpha value is -3.25. The zero-order valence-electron chi connectivity index (χ0n) is 15.8. The molecule has 0 fully saturated rings. The van der Waals surface area contributed by atoms with Gasteiger partial charge in [-0.2, -0.15) is 0 Å². The normalized spacial score (nSPS) is 10.8. The van der Waals surface area contributed by atoms with Crippen molar-refractivity contribution in [1.82, 2.24) is 9.97 Å². The predicted octanol–water partition coefficient (Wildman–Crippen LogP) is 5.41. The summed E-state index contributed by atoms with van der Waals surface area (Å²) in [5.41, 5.74) is 2.63. The molecule has 2 N–H and O–H groups in total. The maximum absolute atomic E-state index is 11.4. The van der Waals surface area contributed by atoms with E-state index in [2.05, 4.69) is 15.3 Å². The van der Waals surface area contributed by atoms with Gasteiger partial charge < -0.3 is 15.0 Å². The van der Waals surface area contributed by atoms with E-state index in [9.17, 15) is 4.79 Å². The Balaban J connectivity index is 1.30. The van der Waals surface area contributed by atoms with Crippen LogP contribution in [0.2, 0.25) is 0 Å². The fourth-order valence-electron chi connectivity index (χ4n) is 2.91. The first-order valence-electron chi connectivity index (χ1n) is 9.45. The summed E-state index contributed by atoms with van der Waals surface area (Å²) >= 11 is 1.56. The molecule has 0 spiro atoms. The van der Waals surface area contributed by atoms with Gasteiger partial charge in [0.2, 0.25) is 5.95 Å². The number of anilines is 1. The Labute approximate surface area is 173 Å². The monoisotopic (exact) mass is 403 g/mol. The first kappa shape index (κ1) is 19.1. The van der Waals surface area contributed by atoms with Crippen molar-refractivity contribution < 1.29 is 9.53 Å². The highest BCUT2D eigenvalue weighted by Crippen LogP contribution is 2.32. The molecule has 0 radical (unpaired) electrons. The first-order chi connectivity index (χ1) is 14.3. The van der Waals surface area contributed by atoms with Crippen LogP contribution < -0.4 is 10.1 Å². The van der Waals surface area contributed by atoms with Crippen LogP contribution in [-0.4, -0.2) is 29.4 Å². The van der Waals surface area contributed by atoms with E-state index in [1.54, 1.807) is 17.8 Å². The number of para-hydroxylation sites is 2. The highest BCUT2D eigenvalue weighted by atomic mass is 32.2. The SMILES string of the molecule is O=Cc1ccc(OCCCNc2nc3ccccc3[nH]2)cc1Sc1ccccc1. The molecule has 29 heavy (non-hydrogen) atoms. The number of aromatic nitrogens is 2. The fraction of sp³-hybridized carbons (Fsp3) is 0.130. The smallest absolute Gasteiger partial charge is 0.201 e. The molecule has 0 amide bonds. The first-order valence-corrected chi connectivity index (χ1v) is 10.3. The molecule has 4 aromatic rings. The number of aldehydes is 1. The van der Waals surface area contributed by atoms with E-state index in [4.69, 9.17) is 4.74 Å². The molecule has 6 heteroatoms. The quantitative estimate of drug-likeness (QED) is 0.289. The van der Waals surface area contributed by atoms with E-state index in [1.165, 1.54) is 0 Å². The predicted molar refractivity (Wildman–Crippen MR) is 117 cm³/mol. The number of rotatable bonds is 9. The van der Waals surface area contributed by atoms with Gasteiger partial charge in [0.05, 0.1) is 17.6 Å². The van der Waals surface area contributed by atoms with Crippen molar-refractivity contribution in [3.63, 3.8) is 0 Å². The molecule has 0 saturated carbocycles. The second-order valence-electron chi connectivity index (χ2n) is 6.46. The second kappa shape index (κ2) is 9.30. The number of fused-ring (bicyclic) bond motifs is 1. The van der Waals surface area contributed by atoms with E-state index in [0.717, 1.165) is 51.8 Å². The maximum Gasteiger partial charge on any atom is 0.201 e. The van der Waals surface area contributed by atoms with Crippen molar-refractivity contribution in [2.45, 2.75) is 16.2 Å². The zero-order chi connectivity index (χ0) is 19.9. The number of nitrogens with one attached hydrogen (secondary N) is 2. The second-order valence-corrected chi connectivity index (χ2v) is 7.58. The molecular weight excluding hydrogens is 382 g/mol. The molecule has 0 aliphatic carbocycles. The van der Waals surface area contributed by atoms with Gasteiger partial charge in [-0.15, -0.1) is 0 Å². The molecule has 0 atom stereocenters. The zero-order valence-corrected chi connectivity index (χ0v) is 16.6. The number of aromatic amines is 1. The van der Waals surface area contributed by atoms with Gasteiger partial charge in [-0.25, -0.2) is 4.98 Å². The number of nitrogens with zero attached hydrogens (tertiary/aromatic N) is 1. The summed E-state index contributed by atoms with van der Waals surface area (Å²) in [6, 6.07) is 23.5. The van der Waals surface area contributed by atoms with Crippen molar-refractivity contribution in [3.8, 4) is 5.75 Å². The number of imidazole rings is 1. The standard InChI is InChI=1S/C23H21N3O2S/c27-16-17-11-12-18(15-22(17)29-19-7-2-1-3-8-19)28-14-6-13-24-23-25-20-9-4-5-10-21(20)26-23/h1-5,7-12,15-16H,6,13-14H2,(H2,24,25,26). The lowest BCUT2D eigenvalue weighted by molar-refractivity contribution is 0.112. The van der Waals surface area contributed by atoms with Crippen LogP contribution in [0.25, 0.3) is 11.0 Å². The molecular formula is C23H21N3O2S. The van der Waals surface area contributed by atoms with Gasteiger partial charge in [-0.05, 0) is 48.9 Å². The van der Waals surface area contributed by atoms with Crippen LogP contribution in [0.1, 0.15) is 16.8 Å². The minimum Gasteiger partial charge on any atom is -0.493 e. The third kappa shape index (κ3) is 4.97. The minimum atomic E-state index is 0.573. The Morgan fingerprint density at radius 3 is 2.69 bits per heavy atom. The van der Waals surface area contributed by atoms with Crippen LogP contribution in [0.5, 0.6) is 5.75 Å². The van der Waals surface area contributed by atoms with Crippen LogP contribution in [-0.2, 0) is 0 Å². The van der Waals surface area contributed by atoms with E-state index < -0.39 is 0 Å². The van der Waals surface area contributed by atoms with Crippen molar-refractivity contribution >= 4 is 35.0 Å². The molecule has 4 rings (SSSR count). The summed E-state index contributed by atoms with van der Waals surface area (Å²) in [4.78, 5) is 21.1. The van der Waals surface area contributed by atoms with E-state index in [-0.39, 0.29) is 0 Å². The summed E-state index contributed by atoms with van der Waals surface area (Å²) in [5.74, 6) is 1.53. The lowest BCUT2D eigenvalue weighted by atomic mass is 10.2. The van der Waals surface area contributed by atoms with Crippen LogP contribution in [0.3, 0.4) is 0 Å². The highest BCUT2D eigenvalue weighted by Gasteiger charge is 2.07. The third-order valence-corrected chi connectivity index (χ3v) is 5.44. The van der Waals surface area contributed by atoms with Gasteiger partial charge in [-0.3, -0.25) is 4.79 Å². The van der Waals surface area contributed by atoms with Gasteiger partial charge in [-0.1, -0.05) is 42.1 Å². The van der Waals surface area contributed by atoms with Gasteiger partial charge in [0.15, 0.2) is 6.29 Å². The molecule has 146 valence electrons. The topological polar surface area (TPSA) is 67.0 Å². The number of carbonyl (C=O) groups is 1. The fourth-order valence-corrected chi connectivity index (χ4v) is 3.87. The van der Waals surface area contributed by atoms with Crippen molar-refractivity contribution in [1.29, 1.82) is 0 Å². The Morgan fingerprint density at radius 2 is 1.86 bits per heavy atom. The number of benzene rings is 3. The lowest BCUT2D eigenvalue weighted by Crippen LogP contribution is -2.08. The van der Waals surface area contributed by atoms with Crippen molar-refractivity contribution in [3.05, 3.63) is 78.4 Å². The molecule has 0 aliphatic heterocycles. The number of hydrogen-bond acceptors (Lipinski definition) is 5. The summed E-state index contributed by atoms with van der Waals surface area (Å²) in [6.07, 6.45) is 1.71. The van der Waals surface area contributed by atoms with Gasteiger partial charge >= 0.3 is 0 Å². The molecule has 3 aromatic carbocycles. The van der Waals surface area contributed by atoms with E-state index >= 15 is 0 Å². The molecule has 1 aromatic heterocycles. The largest absolute Gasteiger partial charge is 0.493 e. The highest BCUT2D eigenvalue weighted by molar-refractivity contribution is 7.99. The lowest BCUT2D eigenvalue weighted by Gasteiger charge is -2.10. The number of hydrogen-bond donors (Lipinski definition) is 2. The van der Waals surface area contributed by atoms with Gasteiger partial charge in [0.25, 0.3) is 0 Å². The van der Waals surface area contributed by atoms with Gasteiger partial charge in [0.1, 0.15) is 5.75 Å². The minimum absolute atomic E-state index is 0.573. The van der Waals surface area contributed by atoms with Crippen molar-refractivity contribution in [2.75, 3.05) is 18.5 Å². The third-order valence-electron chi connectivity index (χ3n) is 4.35. The number of H-pyrrole nitrogens is 1. The molecule has 0 bridgehead atoms. The average Bonchev–Trinajstić information content (AvgIpc) is 3.17. The Bertz CT molecular complexity index is 1060. The van der Waals surface area contributed by atoms with E-state index in [0.29, 0.717) is 12.2 Å². The van der Waals surface area contributed by atoms with Crippen LogP contribution >= 0.6 is 11.8 Å². The molecule has 0 saturated heterocycles. The van der Waals surface area contributed by atoms with Crippen LogP contribution in [0.4, 0.5) is 5.95 Å². The Kier molecular flexibility index (Phi) is 6.12. The average molecular weight is 404 g/mol. The summed E-state index contributed by atoms with van der Waals surface area (Å²) in [5, 5.41) is 3.29. The molecule has 0 unspecified atom stereocenters. The van der Waals surface area contributed by atoms with E-state index in [1.807, 2.05) is 66.7 Å². The summed E-state index contributed by atoms with van der Waals surface area (Å²) in [7, 11) is 0. The number of carbonyl (C=O) groups excluding carboxylic acids is 1. The van der Waals surface area contributed by atoms with Crippen molar-refractivity contribution in [2.24, 2.45) is 0 Å². The Morgan fingerprint density at radius 1 is 1.03 bits per heavy atom. The van der Waals surface area contributed by atoms with Crippen LogP contribution in [0, 0.1) is 0 Å². The number of ether oxygens (including phenoxy) is 1. The summed E-state index contributed by atoms with van der Waals surface area (Å²) < 4.78 is 5.88. The van der Waals surface area contributed by atoms with Crippen LogP contribution in [0.15, 0.2) is 82.6 Å². The summed E-state index contributed by atoms with van der Waals surface area (Å²) in [6.45, 7) is 1.32. The molecule has 1 heterocycles. The molecule has 0 aliphatic rings. The molecule has 5 nitrogen and oxygen atoms in total.